The van der Waals surface area contributed by atoms with Crippen LogP contribution in [0.1, 0.15) is 36.8 Å². The molecule has 7 nitrogen and oxygen atoms in total. The molecule has 0 aliphatic carbocycles. The molecule has 2 aromatic rings. The minimum atomic E-state index is -3.38. The maximum Gasteiger partial charge on any atom is 0.336 e. The molecular formula is C21H29N3O4S. The molecule has 1 aromatic heterocycles. The SMILES string of the molecule is Cc1ccc2c(CN3CCN(S(=O)(=O)N4CCCCCC4)CC3)cc(=O)oc2c1. The smallest absolute Gasteiger partial charge is 0.336 e. The minimum absolute atomic E-state index is 0.347. The molecule has 0 N–H and O–H groups in total. The number of fused-ring (bicyclic) bond motifs is 1. The van der Waals surface area contributed by atoms with Gasteiger partial charge in [-0.1, -0.05) is 25.0 Å². The Labute approximate surface area is 172 Å². The maximum atomic E-state index is 13.0. The first-order chi connectivity index (χ1) is 13.9. The first-order valence-electron chi connectivity index (χ1n) is 10.4. The van der Waals surface area contributed by atoms with E-state index >= 15 is 0 Å². The highest BCUT2D eigenvalue weighted by atomic mass is 32.2. The van der Waals surface area contributed by atoms with Crippen LogP contribution in [-0.2, 0) is 16.8 Å². The van der Waals surface area contributed by atoms with Crippen LogP contribution in [-0.4, -0.2) is 61.2 Å². The van der Waals surface area contributed by atoms with Crippen LogP contribution in [0.4, 0.5) is 0 Å². The van der Waals surface area contributed by atoms with E-state index in [0.29, 0.717) is 51.4 Å². The zero-order valence-corrected chi connectivity index (χ0v) is 17.8. The fraction of sp³-hybridized carbons (Fsp3) is 0.571. The molecule has 0 spiro atoms. The van der Waals surface area contributed by atoms with Crippen LogP contribution in [0.3, 0.4) is 0 Å². The normalized spacial score (nSPS) is 20.7. The van der Waals surface area contributed by atoms with Crippen LogP contribution in [0.15, 0.2) is 33.5 Å². The van der Waals surface area contributed by atoms with Gasteiger partial charge in [0.05, 0.1) is 0 Å². The second-order valence-electron chi connectivity index (χ2n) is 8.09. The lowest BCUT2D eigenvalue weighted by Gasteiger charge is -2.36. The Kier molecular flexibility index (Phi) is 6.06. The molecule has 0 atom stereocenters. The van der Waals surface area contributed by atoms with Gasteiger partial charge in [0.1, 0.15) is 5.58 Å². The number of benzene rings is 1. The van der Waals surface area contributed by atoms with Crippen LogP contribution >= 0.6 is 0 Å². The molecule has 2 saturated heterocycles. The van der Waals surface area contributed by atoms with Crippen LogP contribution in [0.25, 0.3) is 11.0 Å². The van der Waals surface area contributed by atoms with E-state index in [9.17, 15) is 13.2 Å². The standard InChI is InChI=1S/C21H29N3O4S/c1-17-6-7-19-18(15-21(25)28-20(19)14-17)16-22-10-12-24(13-11-22)29(26,27)23-8-4-2-3-5-9-23/h6-7,14-15H,2-5,8-13,16H2,1H3. The second-order valence-corrected chi connectivity index (χ2v) is 10.0. The topological polar surface area (TPSA) is 74.1 Å². The van der Waals surface area contributed by atoms with E-state index in [0.717, 1.165) is 42.2 Å². The minimum Gasteiger partial charge on any atom is -0.423 e. The first kappa shape index (κ1) is 20.5. The van der Waals surface area contributed by atoms with Crippen molar-refractivity contribution in [3.05, 3.63) is 45.8 Å². The van der Waals surface area contributed by atoms with Gasteiger partial charge >= 0.3 is 5.63 Å². The lowest BCUT2D eigenvalue weighted by Crippen LogP contribution is -2.52. The molecule has 2 fully saturated rings. The lowest BCUT2D eigenvalue weighted by atomic mass is 10.1. The van der Waals surface area contributed by atoms with Crippen LogP contribution in [0.2, 0.25) is 0 Å². The molecule has 0 radical (unpaired) electrons. The Morgan fingerprint density at radius 3 is 2.24 bits per heavy atom. The molecule has 2 aliphatic heterocycles. The average Bonchev–Trinajstić information content (AvgIpc) is 2.98. The van der Waals surface area contributed by atoms with E-state index in [4.69, 9.17) is 4.42 Å². The van der Waals surface area contributed by atoms with Crippen molar-refractivity contribution in [1.29, 1.82) is 0 Å². The third kappa shape index (κ3) is 4.55. The summed E-state index contributed by atoms with van der Waals surface area (Å²) in [7, 11) is -3.38. The van der Waals surface area contributed by atoms with Gasteiger partial charge in [0.2, 0.25) is 0 Å². The number of hydrogen-bond acceptors (Lipinski definition) is 5. The quantitative estimate of drug-likeness (QED) is 0.711. The third-order valence-corrected chi connectivity index (χ3v) is 7.96. The van der Waals surface area contributed by atoms with Gasteiger partial charge in [0.15, 0.2) is 0 Å². The average molecular weight is 420 g/mol. The molecule has 158 valence electrons. The number of nitrogens with zero attached hydrogens (tertiary/aromatic N) is 3. The highest BCUT2D eigenvalue weighted by Crippen LogP contribution is 2.22. The van der Waals surface area contributed by atoms with Crippen molar-refractivity contribution in [3.8, 4) is 0 Å². The number of piperazine rings is 1. The van der Waals surface area contributed by atoms with Gasteiger partial charge in [-0.15, -0.1) is 0 Å². The highest BCUT2D eigenvalue weighted by molar-refractivity contribution is 7.86. The molecule has 0 bridgehead atoms. The molecule has 1 aromatic carbocycles. The Morgan fingerprint density at radius 2 is 1.55 bits per heavy atom. The third-order valence-electron chi connectivity index (χ3n) is 5.93. The van der Waals surface area contributed by atoms with Crippen LogP contribution in [0, 0.1) is 6.92 Å². The van der Waals surface area contributed by atoms with Gasteiger partial charge in [-0.3, -0.25) is 4.90 Å². The van der Waals surface area contributed by atoms with E-state index in [-0.39, 0.29) is 5.63 Å². The van der Waals surface area contributed by atoms with Crippen molar-refractivity contribution in [2.75, 3.05) is 39.3 Å². The summed E-state index contributed by atoms with van der Waals surface area (Å²) in [6.07, 6.45) is 4.11. The van der Waals surface area contributed by atoms with Crippen LogP contribution in [0.5, 0.6) is 0 Å². The van der Waals surface area contributed by atoms with Gasteiger partial charge in [-0.25, -0.2) is 4.79 Å². The Morgan fingerprint density at radius 1 is 0.897 bits per heavy atom. The summed E-state index contributed by atoms with van der Waals surface area (Å²) in [5.41, 5.74) is 2.24. The van der Waals surface area contributed by atoms with E-state index < -0.39 is 10.2 Å². The Balaban J connectivity index is 1.44. The largest absolute Gasteiger partial charge is 0.423 e. The molecular weight excluding hydrogens is 390 g/mol. The van der Waals surface area contributed by atoms with Crippen molar-refractivity contribution in [2.45, 2.75) is 39.2 Å². The van der Waals surface area contributed by atoms with Crippen molar-refractivity contribution < 1.29 is 12.8 Å². The zero-order chi connectivity index (χ0) is 20.4. The van der Waals surface area contributed by atoms with Crippen molar-refractivity contribution in [2.24, 2.45) is 0 Å². The maximum absolute atomic E-state index is 13.0. The molecule has 0 unspecified atom stereocenters. The molecule has 2 aliphatic rings. The molecule has 3 heterocycles. The molecule has 0 saturated carbocycles. The van der Waals surface area contributed by atoms with Crippen molar-refractivity contribution in [3.63, 3.8) is 0 Å². The summed E-state index contributed by atoms with van der Waals surface area (Å²) in [4.78, 5) is 14.2. The molecule has 8 heteroatoms. The molecule has 29 heavy (non-hydrogen) atoms. The van der Waals surface area contributed by atoms with Crippen molar-refractivity contribution in [1.82, 2.24) is 13.5 Å². The van der Waals surface area contributed by atoms with E-state index in [1.165, 1.54) is 0 Å². The van der Waals surface area contributed by atoms with E-state index in [2.05, 4.69) is 4.90 Å². The Hall–Kier alpha value is -1.74. The van der Waals surface area contributed by atoms with E-state index in [1.807, 2.05) is 25.1 Å². The predicted molar refractivity (Wildman–Crippen MR) is 113 cm³/mol. The number of rotatable bonds is 4. The van der Waals surface area contributed by atoms with Gasteiger partial charge in [-0.05, 0) is 37.0 Å². The summed E-state index contributed by atoms with van der Waals surface area (Å²) in [5, 5.41) is 0.940. The predicted octanol–water partition coefficient (Wildman–Crippen LogP) is 2.34. The first-order valence-corrected chi connectivity index (χ1v) is 11.8. The van der Waals surface area contributed by atoms with Gasteiger partial charge in [0.25, 0.3) is 10.2 Å². The van der Waals surface area contributed by atoms with Crippen LogP contribution < -0.4 is 5.63 Å². The highest BCUT2D eigenvalue weighted by Gasteiger charge is 2.32. The number of hydrogen-bond donors (Lipinski definition) is 0. The van der Waals surface area contributed by atoms with E-state index in [1.54, 1.807) is 14.7 Å². The fourth-order valence-electron chi connectivity index (χ4n) is 4.26. The number of aryl methyl sites for hydroxylation is 1. The summed E-state index contributed by atoms with van der Waals surface area (Å²) >= 11 is 0. The van der Waals surface area contributed by atoms with Crippen molar-refractivity contribution >= 4 is 21.2 Å². The summed E-state index contributed by atoms with van der Waals surface area (Å²) in [6.45, 7) is 6.12. The van der Waals surface area contributed by atoms with Gasteiger partial charge in [-0.2, -0.15) is 17.0 Å². The molecule has 0 amide bonds. The van der Waals surface area contributed by atoms with Gasteiger partial charge in [0, 0.05) is 57.3 Å². The summed E-state index contributed by atoms with van der Waals surface area (Å²) in [5.74, 6) is 0. The summed E-state index contributed by atoms with van der Waals surface area (Å²) in [6, 6.07) is 7.43. The fourth-order valence-corrected chi connectivity index (χ4v) is 5.93. The monoisotopic (exact) mass is 419 g/mol. The summed E-state index contributed by atoms with van der Waals surface area (Å²) < 4.78 is 34.6. The second kappa shape index (κ2) is 8.55. The Bertz CT molecular complexity index is 1020. The van der Waals surface area contributed by atoms with Gasteiger partial charge < -0.3 is 4.42 Å². The lowest BCUT2D eigenvalue weighted by molar-refractivity contribution is 0.175. The molecule has 4 rings (SSSR count). The zero-order valence-electron chi connectivity index (χ0n) is 17.0.